The Morgan fingerprint density at radius 2 is 1.90 bits per heavy atom. The van der Waals surface area contributed by atoms with E-state index < -0.39 is 8.07 Å². The number of benzene rings is 1. The molecule has 1 aromatic carbocycles. The Kier molecular flexibility index (Phi) is 5.15. The highest BCUT2D eigenvalue weighted by molar-refractivity contribution is 6.88. The van der Waals surface area contributed by atoms with Gasteiger partial charge in [-0.1, -0.05) is 49.1 Å². The number of nitrogens with zero attached hydrogens (tertiary/aromatic N) is 2. The van der Waals surface area contributed by atoms with Crippen molar-refractivity contribution in [1.82, 2.24) is 15.1 Å². The summed E-state index contributed by atoms with van der Waals surface area (Å²) in [5.74, 6) is 0. The van der Waals surface area contributed by atoms with Crippen LogP contribution in [0.3, 0.4) is 0 Å². The minimum Gasteiger partial charge on any atom is -0.313 e. The third-order valence-electron chi connectivity index (χ3n) is 3.45. The molecule has 0 spiro atoms. The lowest BCUT2D eigenvalue weighted by Gasteiger charge is -2.16. The summed E-state index contributed by atoms with van der Waals surface area (Å²) in [6.07, 6.45) is 4.94. The minimum absolute atomic E-state index is 0.949. The first-order chi connectivity index (χ1) is 9.55. The first-order valence-corrected chi connectivity index (χ1v) is 10.8. The summed E-state index contributed by atoms with van der Waals surface area (Å²) in [4.78, 5) is 0. The van der Waals surface area contributed by atoms with Gasteiger partial charge in [-0.05, 0) is 24.6 Å². The van der Waals surface area contributed by atoms with Crippen molar-refractivity contribution >= 4 is 13.3 Å². The summed E-state index contributed by atoms with van der Waals surface area (Å²) >= 11 is 0. The normalized spacial score (nSPS) is 11.8. The number of rotatable bonds is 7. The number of aryl methyl sites for hydroxylation is 1. The maximum atomic E-state index is 4.20. The Morgan fingerprint density at radius 1 is 1.15 bits per heavy atom. The van der Waals surface area contributed by atoms with Crippen molar-refractivity contribution in [1.29, 1.82) is 0 Å². The molecule has 0 bridgehead atoms. The third kappa shape index (κ3) is 4.61. The fourth-order valence-electron chi connectivity index (χ4n) is 2.15. The molecule has 2 rings (SSSR count). The third-order valence-corrected chi connectivity index (χ3v) is 5.51. The van der Waals surface area contributed by atoms with Crippen LogP contribution < -0.4 is 10.5 Å². The molecule has 1 heterocycles. The maximum absolute atomic E-state index is 4.20. The molecule has 0 aliphatic heterocycles. The lowest BCUT2D eigenvalue weighted by atomic mass is 10.2. The van der Waals surface area contributed by atoms with Gasteiger partial charge in [0.1, 0.15) is 0 Å². The molecule has 1 aromatic heterocycles. The van der Waals surface area contributed by atoms with E-state index in [4.69, 9.17) is 0 Å². The average Bonchev–Trinajstić information content (AvgIpc) is 2.91. The van der Waals surface area contributed by atoms with E-state index in [-0.39, 0.29) is 0 Å². The van der Waals surface area contributed by atoms with Gasteiger partial charge in [0.25, 0.3) is 0 Å². The van der Waals surface area contributed by atoms with Gasteiger partial charge in [-0.15, -0.1) is 0 Å². The molecule has 0 atom stereocenters. The van der Waals surface area contributed by atoms with E-state index in [1.54, 1.807) is 0 Å². The maximum Gasteiger partial charge on any atom is 0.0775 e. The Hall–Kier alpha value is -1.39. The highest BCUT2D eigenvalue weighted by Gasteiger charge is 2.15. The van der Waals surface area contributed by atoms with Gasteiger partial charge in [-0.2, -0.15) is 5.10 Å². The molecule has 0 aliphatic rings. The SMILES string of the molecule is C[Si](C)(C)c1ccc(CNCCCn2cccn2)cc1. The van der Waals surface area contributed by atoms with E-state index in [0.29, 0.717) is 0 Å². The van der Waals surface area contributed by atoms with Crippen LogP contribution in [-0.4, -0.2) is 24.4 Å². The molecule has 2 aromatic rings. The highest BCUT2D eigenvalue weighted by atomic mass is 28.3. The first-order valence-electron chi connectivity index (χ1n) is 7.33. The predicted molar refractivity (Wildman–Crippen MR) is 88.0 cm³/mol. The zero-order valence-corrected chi connectivity index (χ0v) is 13.8. The first kappa shape index (κ1) is 15.0. The zero-order chi connectivity index (χ0) is 14.4. The Balaban J connectivity index is 1.69. The summed E-state index contributed by atoms with van der Waals surface area (Å²) < 4.78 is 1.98. The average molecular weight is 287 g/mol. The number of aromatic nitrogens is 2. The van der Waals surface area contributed by atoms with Crippen molar-refractivity contribution in [3.8, 4) is 0 Å². The van der Waals surface area contributed by atoms with Crippen molar-refractivity contribution in [2.45, 2.75) is 39.2 Å². The van der Waals surface area contributed by atoms with Crippen molar-refractivity contribution in [3.05, 3.63) is 48.3 Å². The summed E-state index contributed by atoms with van der Waals surface area (Å²) in [7, 11) is -1.16. The van der Waals surface area contributed by atoms with E-state index in [2.05, 4.69) is 54.3 Å². The summed E-state index contributed by atoms with van der Waals surface area (Å²) in [5.41, 5.74) is 1.37. The van der Waals surface area contributed by atoms with Gasteiger partial charge in [0.05, 0.1) is 8.07 Å². The second-order valence-electron chi connectivity index (χ2n) is 6.25. The van der Waals surface area contributed by atoms with Crippen LogP contribution in [0.4, 0.5) is 0 Å². The molecule has 20 heavy (non-hydrogen) atoms. The molecule has 4 heteroatoms. The van der Waals surface area contributed by atoms with Gasteiger partial charge in [0.15, 0.2) is 0 Å². The summed E-state index contributed by atoms with van der Waals surface area (Å²) in [5, 5.41) is 9.22. The van der Waals surface area contributed by atoms with Gasteiger partial charge < -0.3 is 5.32 Å². The molecular weight excluding hydrogens is 262 g/mol. The zero-order valence-electron chi connectivity index (χ0n) is 12.8. The number of hydrogen-bond donors (Lipinski definition) is 1. The van der Waals surface area contributed by atoms with Crippen LogP contribution in [0.2, 0.25) is 19.6 Å². The van der Waals surface area contributed by atoms with E-state index in [9.17, 15) is 0 Å². The monoisotopic (exact) mass is 287 g/mol. The molecule has 0 unspecified atom stereocenters. The Morgan fingerprint density at radius 3 is 2.50 bits per heavy atom. The van der Waals surface area contributed by atoms with Crippen molar-refractivity contribution in [2.75, 3.05) is 6.54 Å². The molecular formula is C16H25N3Si. The van der Waals surface area contributed by atoms with Crippen LogP contribution >= 0.6 is 0 Å². The van der Waals surface area contributed by atoms with Crippen LogP contribution in [0, 0.1) is 0 Å². The van der Waals surface area contributed by atoms with Gasteiger partial charge in [-0.3, -0.25) is 4.68 Å². The van der Waals surface area contributed by atoms with E-state index in [1.807, 2.05) is 23.1 Å². The van der Waals surface area contributed by atoms with Crippen molar-refractivity contribution in [2.24, 2.45) is 0 Å². The predicted octanol–water partition coefficient (Wildman–Crippen LogP) is 2.61. The van der Waals surface area contributed by atoms with E-state index in [0.717, 1.165) is 26.1 Å². The lowest BCUT2D eigenvalue weighted by Crippen LogP contribution is -2.37. The highest BCUT2D eigenvalue weighted by Crippen LogP contribution is 2.04. The van der Waals surface area contributed by atoms with E-state index in [1.165, 1.54) is 10.8 Å². The molecule has 0 fully saturated rings. The van der Waals surface area contributed by atoms with Crippen molar-refractivity contribution in [3.63, 3.8) is 0 Å². The fraction of sp³-hybridized carbons (Fsp3) is 0.438. The van der Waals surface area contributed by atoms with Crippen LogP contribution in [0.25, 0.3) is 0 Å². The molecule has 3 nitrogen and oxygen atoms in total. The van der Waals surface area contributed by atoms with E-state index >= 15 is 0 Å². The van der Waals surface area contributed by atoms with Gasteiger partial charge in [-0.25, -0.2) is 0 Å². The largest absolute Gasteiger partial charge is 0.313 e. The quantitative estimate of drug-likeness (QED) is 0.627. The smallest absolute Gasteiger partial charge is 0.0775 e. The Bertz CT molecular complexity index is 498. The molecule has 0 radical (unpaired) electrons. The van der Waals surface area contributed by atoms with Crippen molar-refractivity contribution < 1.29 is 0 Å². The second-order valence-corrected chi connectivity index (χ2v) is 11.3. The summed E-state index contributed by atoms with van der Waals surface area (Å²) in [6, 6.07) is 11.1. The van der Waals surface area contributed by atoms with Gasteiger partial charge in [0.2, 0.25) is 0 Å². The summed E-state index contributed by atoms with van der Waals surface area (Å²) in [6.45, 7) is 10.1. The Labute approximate surface area is 123 Å². The minimum atomic E-state index is -1.16. The lowest BCUT2D eigenvalue weighted by molar-refractivity contribution is 0.543. The molecule has 0 saturated carbocycles. The van der Waals surface area contributed by atoms with Crippen LogP contribution in [0.15, 0.2) is 42.7 Å². The molecule has 0 amide bonds. The number of nitrogens with one attached hydrogen (secondary N) is 1. The molecule has 1 N–H and O–H groups in total. The van der Waals surface area contributed by atoms with Crippen LogP contribution in [0.1, 0.15) is 12.0 Å². The standard InChI is InChI=1S/C16H25N3Si/c1-20(2,3)16-8-6-15(7-9-16)14-17-10-4-12-19-13-5-11-18-19/h5-9,11,13,17H,4,10,12,14H2,1-3H3. The van der Waals surface area contributed by atoms with Gasteiger partial charge in [0, 0.05) is 25.5 Å². The van der Waals surface area contributed by atoms with Crippen LogP contribution in [-0.2, 0) is 13.1 Å². The molecule has 0 aliphatic carbocycles. The topological polar surface area (TPSA) is 29.9 Å². The fourth-order valence-corrected chi connectivity index (χ4v) is 3.32. The second kappa shape index (κ2) is 6.86. The van der Waals surface area contributed by atoms with Crippen LogP contribution in [0.5, 0.6) is 0 Å². The number of hydrogen-bond acceptors (Lipinski definition) is 2. The molecule has 0 saturated heterocycles. The molecule has 108 valence electrons. The van der Waals surface area contributed by atoms with Gasteiger partial charge >= 0.3 is 0 Å².